The first kappa shape index (κ1) is 22.6. The molecule has 3 aromatic rings. The van der Waals surface area contributed by atoms with Crippen LogP contribution in [-0.4, -0.2) is 42.4 Å². The number of anilines is 1. The van der Waals surface area contributed by atoms with Gasteiger partial charge in [-0.25, -0.2) is 0 Å². The number of carboxylic acid groups (broad SMARTS) is 1. The van der Waals surface area contributed by atoms with Crippen LogP contribution in [0.5, 0.6) is 0 Å². The minimum atomic E-state index is -0.913. The first-order valence-electron chi connectivity index (χ1n) is 11.9. The van der Waals surface area contributed by atoms with Crippen LogP contribution in [0.2, 0.25) is 0 Å². The van der Waals surface area contributed by atoms with Gasteiger partial charge in [0, 0.05) is 31.2 Å². The third kappa shape index (κ3) is 4.31. The van der Waals surface area contributed by atoms with Crippen LogP contribution < -0.4 is 10.6 Å². The Morgan fingerprint density at radius 3 is 2.68 bits per heavy atom. The lowest BCUT2D eigenvalue weighted by Crippen LogP contribution is -2.53. The fraction of sp³-hybridized carbons (Fsp3) is 0.357. The van der Waals surface area contributed by atoms with Crippen molar-refractivity contribution in [2.45, 2.75) is 30.7 Å². The molecule has 0 bridgehead atoms. The van der Waals surface area contributed by atoms with E-state index in [4.69, 9.17) is 4.74 Å². The Bertz CT molecular complexity index is 1150. The SMILES string of the molecule is C[C@H](CN[C@H](c1ccccc1)[C@H]1CNc2cccnc2C1)c1cccc(C2(C(=O)O)COC2)c1. The first-order chi connectivity index (χ1) is 16.6. The fourth-order valence-corrected chi connectivity index (χ4v) is 5.06. The summed E-state index contributed by atoms with van der Waals surface area (Å²) in [6.45, 7) is 4.33. The van der Waals surface area contributed by atoms with Crippen molar-refractivity contribution >= 4 is 11.7 Å². The molecule has 6 heteroatoms. The third-order valence-electron chi connectivity index (χ3n) is 7.29. The Morgan fingerprint density at radius 2 is 1.94 bits per heavy atom. The van der Waals surface area contributed by atoms with Crippen LogP contribution in [0, 0.1) is 5.92 Å². The highest BCUT2D eigenvalue weighted by Gasteiger charge is 2.48. The van der Waals surface area contributed by atoms with Crippen LogP contribution in [0.25, 0.3) is 0 Å². The number of aromatic nitrogens is 1. The summed E-state index contributed by atoms with van der Waals surface area (Å²) in [5, 5.41) is 17.2. The van der Waals surface area contributed by atoms with E-state index in [-0.39, 0.29) is 25.2 Å². The highest BCUT2D eigenvalue weighted by Crippen LogP contribution is 2.35. The zero-order valence-electron chi connectivity index (χ0n) is 19.4. The molecule has 34 heavy (non-hydrogen) atoms. The van der Waals surface area contributed by atoms with Gasteiger partial charge < -0.3 is 20.5 Å². The van der Waals surface area contributed by atoms with E-state index in [0.717, 1.165) is 42.0 Å². The molecule has 6 nitrogen and oxygen atoms in total. The van der Waals surface area contributed by atoms with E-state index in [1.54, 1.807) is 0 Å². The topological polar surface area (TPSA) is 83.5 Å². The van der Waals surface area contributed by atoms with Gasteiger partial charge in [-0.2, -0.15) is 0 Å². The van der Waals surface area contributed by atoms with Crippen molar-refractivity contribution in [2.75, 3.05) is 31.6 Å². The van der Waals surface area contributed by atoms with Crippen molar-refractivity contribution < 1.29 is 14.6 Å². The summed E-state index contributed by atoms with van der Waals surface area (Å²) < 4.78 is 5.27. The largest absolute Gasteiger partial charge is 0.480 e. The van der Waals surface area contributed by atoms with Crippen LogP contribution >= 0.6 is 0 Å². The number of carbonyl (C=O) groups is 1. The second-order valence-electron chi connectivity index (χ2n) is 9.55. The molecule has 3 heterocycles. The molecule has 1 fully saturated rings. The monoisotopic (exact) mass is 457 g/mol. The molecule has 0 saturated carbocycles. The number of ether oxygens (including phenoxy) is 1. The number of carboxylic acids is 1. The Kier molecular flexibility index (Phi) is 6.35. The second-order valence-corrected chi connectivity index (χ2v) is 9.55. The van der Waals surface area contributed by atoms with E-state index < -0.39 is 11.4 Å². The van der Waals surface area contributed by atoms with Gasteiger partial charge in [-0.3, -0.25) is 9.78 Å². The van der Waals surface area contributed by atoms with Gasteiger partial charge in [0.2, 0.25) is 0 Å². The Hall–Kier alpha value is -3.22. The molecule has 2 aliphatic heterocycles. The molecule has 0 radical (unpaired) electrons. The molecule has 1 aromatic heterocycles. The van der Waals surface area contributed by atoms with Gasteiger partial charge in [-0.1, -0.05) is 61.5 Å². The molecule has 1 saturated heterocycles. The average Bonchev–Trinajstić information content (AvgIpc) is 2.84. The van der Waals surface area contributed by atoms with E-state index in [2.05, 4.69) is 58.9 Å². The minimum absolute atomic E-state index is 0.180. The summed E-state index contributed by atoms with van der Waals surface area (Å²) in [5.74, 6) is -0.227. The van der Waals surface area contributed by atoms with Crippen molar-refractivity contribution in [2.24, 2.45) is 5.92 Å². The summed E-state index contributed by atoms with van der Waals surface area (Å²) in [6.07, 6.45) is 2.78. The van der Waals surface area contributed by atoms with Gasteiger partial charge in [0.25, 0.3) is 0 Å². The van der Waals surface area contributed by atoms with Crippen molar-refractivity contribution in [3.8, 4) is 0 Å². The summed E-state index contributed by atoms with van der Waals surface area (Å²) in [6, 6.07) is 22.8. The number of pyridine rings is 1. The van der Waals surface area contributed by atoms with Crippen molar-refractivity contribution in [3.63, 3.8) is 0 Å². The number of nitrogens with one attached hydrogen (secondary N) is 2. The number of benzene rings is 2. The van der Waals surface area contributed by atoms with Gasteiger partial charge >= 0.3 is 5.97 Å². The summed E-state index contributed by atoms with van der Waals surface area (Å²) in [4.78, 5) is 16.5. The van der Waals surface area contributed by atoms with Crippen LogP contribution in [0.4, 0.5) is 5.69 Å². The maximum atomic E-state index is 11.9. The zero-order valence-corrected chi connectivity index (χ0v) is 19.4. The molecule has 3 atom stereocenters. The fourth-order valence-electron chi connectivity index (χ4n) is 5.06. The number of nitrogens with zero attached hydrogens (tertiary/aromatic N) is 1. The van der Waals surface area contributed by atoms with E-state index in [1.165, 1.54) is 5.56 Å². The predicted molar refractivity (Wildman–Crippen MR) is 132 cm³/mol. The second kappa shape index (κ2) is 9.57. The van der Waals surface area contributed by atoms with E-state index in [9.17, 15) is 9.90 Å². The molecular weight excluding hydrogens is 426 g/mol. The number of rotatable bonds is 8. The molecule has 176 valence electrons. The van der Waals surface area contributed by atoms with E-state index >= 15 is 0 Å². The van der Waals surface area contributed by atoms with Crippen LogP contribution in [0.1, 0.15) is 41.3 Å². The highest BCUT2D eigenvalue weighted by molar-refractivity contribution is 5.83. The van der Waals surface area contributed by atoms with E-state index in [0.29, 0.717) is 5.92 Å². The van der Waals surface area contributed by atoms with Gasteiger partial charge in [0.1, 0.15) is 5.41 Å². The van der Waals surface area contributed by atoms with Gasteiger partial charge in [-0.15, -0.1) is 0 Å². The lowest BCUT2D eigenvalue weighted by Gasteiger charge is -2.38. The van der Waals surface area contributed by atoms with E-state index in [1.807, 2.05) is 36.5 Å². The van der Waals surface area contributed by atoms with Crippen molar-refractivity contribution in [3.05, 3.63) is 95.3 Å². The maximum Gasteiger partial charge on any atom is 0.318 e. The smallest absolute Gasteiger partial charge is 0.318 e. The molecule has 0 aliphatic carbocycles. The summed E-state index contributed by atoms with van der Waals surface area (Å²) >= 11 is 0. The predicted octanol–water partition coefficient (Wildman–Crippen LogP) is 4.15. The number of aliphatic carboxylic acids is 1. The third-order valence-corrected chi connectivity index (χ3v) is 7.29. The molecule has 0 unspecified atom stereocenters. The average molecular weight is 458 g/mol. The standard InChI is InChI=1S/C28H31N3O3/c1-19(21-9-5-10-23(13-21)28(27(32)33)17-34-18-28)15-31-26(20-7-3-2-4-8-20)22-14-25-24(30-16-22)11-6-12-29-25/h2-13,19,22,26,30-31H,14-18H2,1H3,(H,32,33)/t19-,22-,26-/m1/s1. The van der Waals surface area contributed by atoms with Crippen LogP contribution in [0.3, 0.4) is 0 Å². The van der Waals surface area contributed by atoms with Crippen LogP contribution in [0.15, 0.2) is 72.9 Å². The van der Waals surface area contributed by atoms with Crippen LogP contribution in [-0.2, 0) is 21.4 Å². The molecule has 5 rings (SSSR count). The Balaban J connectivity index is 1.33. The Labute approximate surface area is 200 Å². The van der Waals surface area contributed by atoms with Crippen molar-refractivity contribution in [1.29, 1.82) is 0 Å². The van der Waals surface area contributed by atoms with Gasteiger partial charge in [-0.05, 0) is 41.2 Å². The molecule has 0 amide bonds. The first-order valence-corrected chi connectivity index (χ1v) is 11.9. The Morgan fingerprint density at radius 1 is 1.15 bits per heavy atom. The molecule has 2 aromatic carbocycles. The molecule has 2 aliphatic rings. The lowest BCUT2D eigenvalue weighted by molar-refractivity contribution is -0.163. The minimum Gasteiger partial charge on any atom is -0.480 e. The van der Waals surface area contributed by atoms with Crippen molar-refractivity contribution in [1.82, 2.24) is 10.3 Å². The van der Waals surface area contributed by atoms with Gasteiger partial charge in [0.15, 0.2) is 0 Å². The normalized spacial score (nSPS) is 20.3. The summed E-state index contributed by atoms with van der Waals surface area (Å²) in [5.41, 5.74) is 4.56. The lowest BCUT2D eigenvalue weighted by atomic mass is 9.77. The zero-order chi connectivity index (χ0) is 23.5. The summed E-state index contributed by atoms with van der Waals surface area (Å²) in [7, 11) is 0. The maximum absolute atomic E-state index is 11.9. The quantitative estimate of drug-likeness (QED) is 0.471. The molecular formula is C28H31N3O3. The number of hydrogen-bond acceptors (Lipinski definition) is 5. The molecule has 3 N–H and O–H groups in total. The highest BCUT2D eigenvalue weighted by atomic mass is 16.5. The molecule has 0 spiro atoms. The number of fused-ring (bicyclic) bond motifs is 1. The van der Waals surface area contributed by atoms with Gasteiger partial charge in [0.05, 0.1) is 24.6 Å². The number of hydrogen-bond donors (Lipinski definition) is 3.